The van der Waals surface area contributed by atoms with Crippen LogP contribution in [0.5, 0.6) is 0 Å². The monoisotopic (exact) mass is 226 g/mol. The predicted octanol–water partition coefficient (Wildman–Crippen LogP) is 1.11. The van der Waals surface area contributed by atoms with Crippen LogP contribution in [0.1, 0.15) is 30.6 Å². The largest absolute Gasteiger partial charge is 0.396 e. The molecule has 0 saturated heterocycles. The van der Waals surface area contributed by atoms with Crippen LogP contribution in [0, 0.1) is 5.95 Å². The van der Waals surface area contributed by atoms with Crippen molar-refractivity contribution in [2.24, 2.45) is 0 Å². The molecule has 0 aliphatic carbocycles. The lowest BCUT2D eigenvalue weighted by Gasteiger charge is -2.25. The number of rotatable bonds is 4. The van der Waals surface area contributed by atoms with Crippen LogP contribution in [0.2, 0.25) is 0 Å². The van der Waals surface area contributed by atoms with Gasteiger partial charge in [0.15, 0.2) is 0 Å². The summed E-state index contributed by atoms with van der Waals surface area (Å²) < 4.78 is 13.2. The second-order valence-corrected chi connectivity index (χ2v) is 4.15. The average Bonchev–Trinajstić information content (AvgIpc) is 2.17. The standard InChI is InChI=1S/C11H15FN2O2/c1-11(2,5-7-15)14-10(16)8-4-3-6-13-9(8)12/h3-4,6,15H,5,7H2,1-2H3,(H,14,16). The molecule has 0 radical (unpaired) electrons. The number of aliphatic hydroxyl groups is 1. The zero-order valence-electron chi connectivity index (χ0n) is 9.33. The molecular weight excluding hydrogens is 211 g/mol. The van der Waals surface area contributed by atoms with Crippen molar-refractivity contribution in [2.75, 3.05) is 6.61 Å². The van der Waals surface area contributed by atoms with Gasteiger partial charge in [0.1, 0.15) is 0 Å². The maximum Gasteiger partial charge on any atom is 0.256 e. The second-order valence-electron chi connectivity index (χ2n) is 4.15. The Morgan fingerprint density at radius 2 is 2.31 bits per heavy atom. The maximum absolute atomic E-state index is 13.2. The van der Waals surface area contributed by atoms with E-state index in [2.05, 4.69) is 10.3 Å². The molecule has 16 heavy (non-hydrogen) atoms. The number of pyridine rings is 1. The van der Waals surface area contributed by atoms with E-state index in [-0.39, 0.29) is 12.2 Å². The number of carbonyl (C=O) groups is 1. The third-order valence-corrected chi connectivity index (χ3v) is 2.19. The Hall–Kier alpha value is -1.49. The minimum absolute atomic E-state index is 0.0389. The Bertz CT molecular complexity index is 380. The molecule has 88 valence electrons. The Morgan fingerprint density at radius 1 is 1.62 bits per heavy atom. The van der Waals surface area contributed by atoms with E-state index in [1.54, 1.807) is 13.8 Å². The van der Waals surface area contributed by atoms with E-state index >= 15 is 0 Å². The summed E-state index contributed by atoms with van der Waals surface area (Å²) in [7, 11) is 0. The number of aromatic nitrogens is 1. The van der Waals surface area contributed by atoms with Gasteiger partial charge in [0.25, 0.3) is 5.91 Å². The summed E-state index contributed by atoms with van der Waals surface area (Å²) in [5.74, 6) is -1.32. The summed E-state index contributed by atoms with van der Waals surface area (Å²) in [4.78, 5) is 15.1. The first kappa shape index (κ1) is 12.6. The zero-order chi connectivity index (χ0) is 12.2. The fourth-order valence-electron chi connectivity index (χ4n) is 1.27. The van der Waals surface area contributed by atoms with E-state index in [4.69, 9.17) is 5.11 Å². The number of hydrogen-bond donors (Lipinski definition) is 2. The molecule has 5 heteroatoms. The third-order valence-electron chi connectivity index (χ3n) is 2.19. The number of carbonyl (C=O) groups excluding carboxylic acids is 1. The fourth-order valence-corrected chi connectivity index (χ4v) is 1.27. The summed E-state index contributed by atoms with van der Waals surface area (Å²) >= 11 is 0. The van der Waals surface area contributed by atoms with Gasteiger partial charge in [-0.15, -0.1) is 0 Å². The Balaban J connectivity index is 2.77. The van der Waals surface area contributed by atoms with Crippen LogP contribution in [-0.2, 0) is 0 Å². The molecule has 0 fully saturated rings. The van der Waals surface area contributed by atoms with Gasteiger partial charge in [-0.05, 0) is 32.4 Å². The minimum atomic E-state index is -0.792. The second kappa shape index (κ2) is 5.03. The van der Waals surface area contributed by atoms with E-state index in [0.29, 0.717) is 6.42 Å². The van der Waals surface area contributed by atoms with Crippen LogP contribution in [0.15, 0.2) is 18.3 Å². The molecular formula is C11H15FN2O2. The summed E-state index contributed by atoms with van der Waals surface area (Å²) in [6, 6.07) is 2.86. The van der Waals surface area contributed by atoms with Gasteiger partial charge in [-0.2, -0.15) is 4.39 Å². The normalized spacial score (nSPS) is 11.2. The van der Waals surface area contributed by atoms with Crippen LogP contribution in [-0.4, -0.2) is 28.1 Å². The van der Waals surface area contributed by atoms with Crippen molar-refractivity contribution >= 4 is 5.91 Å². The highest BCUT2D eigenvalue weighted by Gasteiger charge is 2.22. The average molecular weight is 226 g/mol. The quantitative estimate of drug-likeness (QED) is 0.756. The molecule has 0 saturated carbocycles. The van der Waals surface area contributed by atoms with Crippen LogP contribution >= 0.6 is 0 Å². The lowest BCUT2D eigenvalue weighted by Crippen LogP contribution is -2.44. The summed E-state index contributed by atoms with van der Waals surface area (Å²) in [5, 5.41) is 11.4. The Labute approximate surface area is 93.5 Å². The molecule has 0 spiro atoms. The number of amides is 1. The molecule has 1 aromatic heterocycles. The molecule has 0 bridgehead atoms. The van der Waals surface area contributed by atoms with Gasteiger partial charge < -0.3 is 10.4 Å². The number of aliphatic hydroxyl groups excluding tert-OH is 1. The van der Waals surface area contributed by atoms with Gasteiger partial charge in [-0.25, -0.2) is 4.98 Å². The van der Waals surface area contributed by atoms with E-state index in [0.717, 1.165) is 0 Å². The highest BCUT2D eigenvalue weighted by molar-refractivity contribution is 5.94. The van der Waals surface area contributed by atoms with Crippen molar-refractivity contribution < 1.29 is 14.3 Å². The third kappa shape index (κ3) is 3.27. The zero-order valence-corrected chi connectivity index (χ0v) is 9.33. The van der Waals surface area contributed by atoms with Gasteiger partial charge in [0.05, 0.1) is 5.56 Å². The first-order valence-electron chi connectivity index (χ1n) is 5.00. The smallest absolute Gasteiger partial charge is 0.256 e. The molecule has 1 amide bonds. The molecule has 1 heterocycles. The van der Waals surface area contributed by atoms with Gasteiger partial charge in [0.2, 0.25) is 5.95 Å². The molecule has 0 atom stereocenters. The van der Waals surface area contributed by atoms with E-state index in [1.165, 1.54) is 18.3 Å². The van der Waals surface area contributed by atoms with Gasteiger partial charge >= 0.3 is 0 Å². The SMILES string of the molecule is CC(C)(CCO)NC(=O)c1cccnc1F. The molecule has 0 aliphatic rings. The topological polar surface area (TPSA) is 62.2 Å². The van der Waals surface area contributed by atoms with Crippen LogP contribution in [0.3, 0.4) is 0 Å². The molecule has 4 nitrogen and oxygen atoms in total. The van der Waals surface area contributed by atoms with Crippen molar-refractivity contribution in [3.63, 3.8) is 0 Å². The number of halogens is 1. The van der Waals surface area contributed by atoms with Crippen LogP contribution in [0.25, 0.3) is 0 Å². The van der Waals surface area contributed by atoms with Crippen LogP contribution in [0.4, 0.5) is 4.39 Å². The molecule has 0 unspecified atom stereocenters. The number of hydrogen-bond acceptors (Lipinski definition) is 3. The van der Waals surface area contributed by atoms with Crippen molar-refractivity contribution in [1.29, 1.82) is 0 Å². The van der Waals surface area contributed by atoms with E-state index in [9.17, 15) is 9.18 Å². The van der Waals surface area contributed by atoms with Gasteiger partial charge in [-0.3, -0.25) is 4.79 Å². The summed E-state index contributed by atoms with van der Waals surface area (Å²) in [6.45, 7) is 3.48. The molecule has 0 aromatic carbocycles. The first-order valence-corrected chi connectivity index (χ1v) is 5.00. The Morgan fingerprint density at radius 3 is 2.88 bits per heavy atom. The molecule has 1 rings (SSSR count). The first-order chi connectivity index (χ1) is 7.46. The van der Waals surface area contributed by atoms with Crippen molar-refractivity contribution in [3.05, 3.63) is 29.8 Å². The van der Waals surface area contributed by atoms with Gasteiger partial charge in [-0.1, -0.05) is 0 Å². The lowest BCUT2D eigenvalue weighted by atomic mass is 10.0. The Kier molecular flexibility index (Phi) is 3.95. The van der Waals surface area contributed by atoms with E-state index in [1.807, 2.05) is 0 Å². The fraction of sp³-hybridized carbons (Fsp3) is 0.455. The maximum atomic E-state index is 13.2. The predicted molar refractivity (Wildman–Crippen MR) is 57.4 cm³/mol. The summed E-state index contributed by atoms with van der Waals surface area (Å²) in [5.41, 5.74) is -0.665. The van der Waals surface area contributed by atoms with Crippen molar-refractivity contribution in [3.8, 4) is 0 Å². The van der Waals surface area contributed by atoms with Crippen molar-refractivity contribution in [1.82, 2.24) is 10.3 Å². The molecule has 0 aliphatic heterocycles. The van der Waals surface area contributed by atoms with Crippen molar-refractivity contribution in [2.45, 2.75) is 25.8 Å². The highest BCUT2D eigenvalue weighted by Crippen LogP contribution is 2.10. The van der Waals surface area contributed by atoms with Gasteiger partial charge in [0, 0.05) is 18.3 Å². The highest BCUT2D eigenvalue weighted by atomic mass is 19.1. The van der Waals surface area contributed by atoms with E-state index < -0.39 is 17.4 Å². The van der Waals surface area contributed by atoms with Crippen LogP contribution < -0.4 is 5.32 Å². The lowest BCUT2D eigenvalue weighted by molar-refractivity contribution is 0.0894. The molecule has 2 N–H and O–H groups in total. The molecule has 1 aromatic rings. The number of nitrogens with zero attached hydrogens (tertiary/aromatic N) is 1. The minimum Gasteiger partial charge on any atom is -0.396 e. The summed E-state index contributed by atoms with van der Waals surface area (Å²) in [6.07, 6.45) is 1.69. The number of nitrogens with one attached hydrogen (secondary N) is 1.